The molecule has 0 bridgehead atoms. The van der Waals surface area contributed by atoms with Gasteiger partial charge >= 0.3 is 0 Å². The highest BCUT2D eigenvalue weighted by Crippen LogP contribution is 2.29. The van der Waals surface area contributed by atoms with Crippen molar-refractivity contribution in [2.75, 3.05) is 36.1 Å². The predicted octanol–water partition coefficient (Wildman–Crippen LogP) is 0.510. The molecule has 182 valence electrons. The van der Waals surface area contributed by atoms with Crippen molar-refractivity contribution in [3.63, 3.8) is 0 Å². The van der Waals surface area contributed by atoms with Gasteiger partial charge in [-0.15, -0.1) is 10.6 Å². The lowest BCUT2D eigenvalue weighted by molar-refractivity contribution is -0.126. The molecule has 2 aliphatic heterocycles. The molecule has 0 aromatic carbocycles. The number of piperazine rings is 1. The van der Waals surface area contributed by atoms with E-state index in [0.29, 0.717) is 43.3 Å². The van der Waals surface area contributed by atoms with E-state index in [1.807, 2.05) is 23.1 Å². The molecule has 4 aromatic heterocycles. The molecule has 0 unspecified atom stereocenters. The van der Waals surface area contributed by atoms with E-state index in [4.69, 9.17) is 0 Å². The highest BCUT2D eigenvalue weighted by atomic mass is 19.1. The van der Waals surface area contributed by atoms with Crippen LogP contribution in [0.25, 0.3) is 16.7 Å². The van der Waals surface area contributed by atoms with Crippen LogP contribution in [0, 0.1) is 5.82 Å². The molecule has 6 heterocycles. The van der Waals surface area contributed by atoms with Gasteiger partial charge in [-0.25, -0.2) is 19.4 Å². The second-order valence-corrected chi connectivity index (χ2v) is 8.12. The SMILES string of the molecule is O=C(C(=O)N1CCN(c2cnnn2-c2ccccn2)CC1)c1c[nH]c2c(N3C=CNN3)ncc(F)c12. The van der Waals surface area contributed by atoms with E-state index in [2.05, 4.69) is 36.2 Å². The van der Waals surface area contributed by atoms with Crippen molar-refractivity contribution in [2.45, 2.75) is 0 Å². The number of anilines is 2. The fraction of sp³-hybridized carbons (Fsp3) is 0.182. The molecule has 13 nitrogen and oxygen atoms in total. The van der Waals surface area contributed by atoms with Crippen molar-refractivity contribution in [1.82, 2.24) is 45.8 Å². The molecule has 4 aromatic rings. The maximum atomic E-state index is 14.7. The van der Waals surface area contributed by atoms with Gasteiger partial charge in [-0.05, 0) is 12.1 Å². The Balaban J connectivity index is 1.19. The lowest BCUT2D eigenvalue weighted by Gasteiger charge is -2.35. The van der Waals surface area contributed by atoms with Crippen molar-refractivity contribution in [3.05, 3.63) is 66.8 Å². The smallest absolute Gasteiger partial charge is 0.295 e. The number of aromatic nitrogens is 6. The van der Waals surface area contributed by atoms with E-state index in [9.17, 15) is 14.0 Å². The molecule has 0 spiro atoms. The number of pyridine rings is 2. The van der Waals surface area contributed by atoms with Crippen molar-refractivity contribution in [3.8, 4) is 5.82 Å². The zero-order valence-electron chi connectivity index (χ0n) is 18.8. The van der Waals surface area contributed by atoms with Crippen LogP contribution in [0.3, 0.4) is 0 Å². The van der Waals surface area contributed by atoms with Crippen LogP contribution in [-0.2, 0) is 4.79 Å². The number of nitrogens with zero attached hydrogens (tertiary/aromatic N) is 8. The van der Waals surface area contributed by atoms with Crippen LogP contribution in [-0.4, -0.2) is 72.7 Å². The molecular weight excluding hydrogens is 469 g/mol. The maximum absolute atomic E-state index is 14.7. The van der Waals surface area contributed by atoms with Gasteiger partial charge in [0.25, 0.3) is 11.7 Å². The number of hydrazine groups is 2. The Hall–Kier alpha value is -4.85. The van der Waals surface area contributed by atoms with Crippen LogP contribution in [0.2, 0.25) is 0 Å². The second-order valence-electron chi connectivity index (χ2n) is 8.12. The number of carbonyl (C=O) groups excluding carboxylic acids is 2. The first kappa shape index (κ1) is 21.7. The van der Waals surface area contributed by atoms with Crippen LogP contribution < -0.4 is 20.9 Å². The summed E-state index contributed by atoms with van der Waals surface area (Å²) in [4.78, 5) is 41.0. The summed E-state index contributed by atoms with van der Waals surface area (Å²) >= 11 is 0. The van der Waals surface area contributed by atoms with Crippen LogP contribution >= 0.6 is 0 Å². The number of aromatic amines is 1. The van der Waals surface area contributed by atoms with E-state index < -0.39 is 17.5 Å². The summed E-state index contributed by atoms with van der Waals surface area (Å²) in [6, 6.07) is 5.50. The minimum Gasteiger partial charge on any atom is -0.357 e. The highest BCUT2D eigenvalue weighted by molar-refractivity contribution is 6.45. The van der Waals surface area contributed by atoms with Gasteiger partial charge in [-0.1, -0.05) is 11.3 Å². The fourth-order valence-electron chi connectivity index (χ4n) is 4.32. The van der Waals surface area contributed by atoms with Crippen molar-refractivity contribution >= 4 is 34.2 Å². The lowest BCUT2D eigenvalue weighted by atomic mass is 10.1. The molecule has 0 radical (unpaired) electrons. The van der Waals surface area contributed by atoms with Gasteiger partial charge < -0.3 is 20.2 Å². The number of nitrogens with one attached hydrogen (secondary N) is 3. The molecule has 0 saturated carbocycles. The first-order valence-electron chi connectivity index (χ1n) is 11.1. The monoisotopic (exact) mass is 489 g/mol. The van der Waals surface area contributed by atoms with Gasteiger partial charge in [0.1, 0.15) is 0 Å². The summed E-state index contributed by atoms with van der Waals surface area (Å²) in [6.07, 6.45) is 8.97. The van der Waals surface area contributed by atoms with E-state index in [0.717, 1.165) is 12.0 Å². The van der Waals surface area contributed by atoms with Crippen molar-refractivity contribution < 1.29 is 14.0 Å². The number of halogens is 1. The molecule has 1 saturated heterocycles. The Bertz CT molecular complexity index is 1470. The van der Waals surface area contributed by atoms with E-state index >= 15 is 0 Å². The summed E-state index contributed by atoms with van der Waals surface area (Å²) < 4.78 is 16.4. The maximum Gasteiger partial charge on any atom is 0.295 e. The molecule has 2 aliphatic rings. The number of hydrogen-bond acceptors (Lipinski definition) is 10. The number of fused-ring (bicyclic) bond motifs is 1. The lowest BCUT2D eigenvalue weighted by Crippen LogP contribution is -2.51. The molecule has 1 fully saturated rings. The first-order chi connectivity index (χ1) is 17.6. The quantitative estimate of drug-likeness (QED) is 0.268. The van der Waals surface area contributed by atoms with Gasteiger partial charge in [0.05, 0.1) is 28.9 Å². The van der Waals surface area contributed by atoms with Gasteiger partial charge in [0.2, 0.25) is 0 Å². The molecule has 1 amide bonds. The topological polar surface area (TPSA) is 140 Å². The summed E-state index contributed by atoms with van der Waals surface area (Å²) in [5.74, 6) is -0.443. The predicted molar refractivity (Wildman–Crippen MR) is 126 cm³/mol. The Morgan fingerprint density at radius 3 is 2.67 bits per heavy atom. The minimum atomic E-state index is -0.783. The Morgan fingerprint density at radius 1 is 1.06 bits per heavy atom. The molecule has 14 heteroatoms. The Morgan fingerprint density at radius 2 is 1.92 bits per heavy atom. The molecule has 3 N–H and O–H groups in total. The van der Waals surface area contributed by atoms with E-state index in [1.54, 1.807) is 29.5 Å². The molecule has 0 atom stereocenters. The van der Waals surface area contributed by atoms with Crippen LogP contribution in [0.4, 0.5) is 16.0 Å². The Kier molecular flexibility index (Phi) is 5.26. The van der Waals surface area contributed by atoms with Gasteiger partial charge in [-0.3, -0.25) is 9.59 Å². The largest absolute Gasteiger partial charge is 0.357 e. The number of Topliss-reactive ketones (excluding diaryl/α,β-unsaturated/α-hetero) is 1. The third-order valence-corrected chi connectivity index (χ3v) is 6.09. The number of carbonyl (C=O) groups is 2. The molecule has 0 aliphatic carbocycles. The zero-order valence-corrected chi connectivity index (χ0v) is 18.8. The molecule has 6 rings (SSSR count). The number of amides is 1. The number of rotatable bonds is 5. The summed E-state index contributed by atoms with van der Waals surface area (Å²) in [5.41, 5.74) is 5.85. The normalized spacial score (nSPS) is 15.5. The average molecular weight is 489 g/mol. The summed E-state index contributed by atoms with van der Waals surface area (Å²) in [6.45, 7) is 1.55. The van der Waals surface area contributed by atoms with E-state index in [1.165, 1.54) is 16.1 Å². The van der Waals surface area contributed by atoms with Crippen molar-refractivity contribution in [2.24, 2.45) is 0 Å². The fourth-order valence-corrected chi connectivity index (χ4v) is 4.32. The van der Waals surface area contributed by atoms with E-state index in [-0.39, 0.29) is 10.9 Å². The zero-order chi connectivity index (χ0) is 24.6. The number of ketones is 1. The second kappa shape index (κ2) is 8.74. The third kappa shape index (κ3) is 3.60. The molecule has 36 heavy (non-hydrogen) atoms. The number of hydrogen-bond donors (Lipinski definition) is 3. The third-order valence-electron chi connectivity index (χ3n) is 6.09. The standard InChI is InChI=1S/C22H20FN11O2/c23-15-12-26-21(33-6-5-27-29-33)19-18(15)14(11-25-19)20(35)22(36)32-9-7-31(8-10-32)17-13-28-30-34(17)16-3-1-2-4-24-16/h1-6,11-13,25,27,29H,7-10H2. The number of H-pyrrole nitrogens is 1. The summed E-state index contributed by atoms with van der Waals surface area (Å²) in [5, 5.41) is 9.66. The first-order valence-corrected chi connectivity index (χ1v) is 11.1. The molecular formula is C22H20FN11O2. The summed E-state index contributed by atoms with van der Waals surface area (Å²) in [7, 11) is 0. The van der Waals surface area contributed by atoms with Gasteiger partial charge in [0.15, 0.2) is 23.3 Å². The highest BCUT2D eigenvalue weighted by Gasteiger charge is 2.31. The minimum absolute atomic E-state index is 0.0180. The van der Waals surface area contributed by atoms with Crippen LogP contribution in [0.15, 0.2) is 55.4 Å². The van der Waals surface area contributed by atoms with Gasteiger partial charge in [0, 0.05) is 51.0 Å². The van der Waals surface area contributed by atoms with Crippen molar-refractivity contribution in [1.29, 1.82) is 0 Å². The van der Waals surface area contributed by atoms with Crippen LogP contribution in [0.1, 0.15) is 10.4 Å². The van der Waals surface area contributed by atoms with Gasteiger partial charge in [-0.2, -0.15) is 4.68 Å². The Labute approximate surface area is 203 Å². The average Bonchev–Trinajstić information content (AvgIpc) is 3.70. The van der Waals surface area contributed by atoms with Crippen LogP contribution in [0.5, 0.6) is 0 Å².